The highest BCUT2D eigenvalue weighted by molar-refractivity contribution is 5.95. The first kappa shape index (κ1) is 20.7. The van der Waals surface area contributed by atoms with Gasteiger partial charge in [0.15, 0.2) is 0 Å². The Balaban J connectivity index is 0.00000121. The molecular weight excluding hydrogens is 373 g/mol. The Bertz CT molecular complexity index is 730. The van der Waals surface area contributed by atoms with E-state index in [1.165, 1.54) is 31.5 Å². The van der Waals surface area contributed by atoms with Gasteiger partial charge in [-0.3, -0.25) is 9.69 Å². The van der Waals surface area contributed by atoms with E-state index in [1.807, 2.05) is 12.1 Å². The molecule has 1 fully saturated rings. The van der Waals surface area contributed by atoms with E-state index in [0.29, 0.717) is 0 Å². The lowest BCUT2D eigenvalue weighted by atomic mass is 10.0. The number of H-pyrrole nitrogens is 1. The zero-order valence-corrected chi connectivity index (χ0v) is 16.2. The number of fused-ring (bicyclic) bond motifs is 1. The van der Waals surface area contributed by atoms with Crippen molar-refractivity contribution >= 4 is 36.4 Å². The Labute approximate surface area is 166 Å². The van der Waals surface area contributed by atoms with Gasteiger partial charge in [-0.25, -0.2) is 4.98 Å². The summed E-state index contributed by atoms with van der Waals surface area (Å²) in [5.74, 6) is -0.0543. The van der Waals surface area contributed by atoms with Crippen molar-refractivity contribution in [2.75, 3.05) is 25.0 Å². The fraction of sp³-hybridized carbons (Fsp3) is 0.444. The first-order chi connectivity index (χ1) is 11.8. The summed E-state index contributed by atoms with van der Waals surface area (Å²) < 4.78 is 0. The molecule has 0 bridgehead atoms. The Kier molecular flexibility index (Phi) is 7.46. The Morgan fingerprint density at radius 1 is 1.27 bits per heavy atom. The highest BCUT2D eigenvalue weighted by Crippen LogP contribution is 2.22. The summed E-state index contributed by atoms with van der Waals surface area (Å²) in [5, 5.41) is 6.29. The van der Waals surface area contributed by atoms with Gasteiger partial charge in [0.2, 0.25) is 5.91 Å². The second kappa shape index (κ2) is 9.37. The van der Waals surface area contributed by atoms with Crippen LogP contribution in [0.4, 0.5) is 5.69 Å². The van der Waals surface area contributed by atoms with Crippen LogP contribution < -0.4 is 10.6 Å². The lowest BCUT2D eigenvalue weighted by Gasteiger charge is -2.22. The summed E-state index contributed by atoms with van der Waals surface area (Å²) >= 11 is 0. The third-order valence-electron chi connectivity index (χ3n) is 4.81. The van der Waals surface area contributed by atoms with Gasteiger partial charge in [-0.15, -0.1) is 24.8 Å². The number of halogens is 2. The molecule has 0 spiro atoms. The number of carbonyl (C=O) groups excluding carboxylic acids is 1. The predicted octanol–water partition coefficient (Wildman–Crippen LogP) is 2.67. The average molecular weight is 398 g/mol. The van der Waals surface area contributed by atoms with Crippen LogP contribution in [0.2, 0.25) is 0 Å². The molecule has 3 heterocycles. The molecule has 2 aliphatic heterocycles. The second-order valence-electron chi connectivity index (χ2n) is 6.58. The summed E-state index contributed by atoms with van der Waals surface area (Å²) in [5.41, 5.74) is 3.96. The van der Waals surface area contributed by atoms with Gasteiger partial charge < -0.3 is 15.6 Å². The van der Waals surface area contributed by atoms with Gasteiger partial charge in [0, 0.05) is 30.9 Å². The zero-order valence-electron chi connectivity index (χ0n) is 14.5. The molecule has 6 nitrogen and oxygen atoms in total. The maximum atomic E-state index is 12.6. The molecule has 26 heavy (non-hydrogen) atoms. The van der Waals surface area contributed by atoms with Crippen LogP contribution in [0.1, 0.15) is 35.8 Å². The van der Waals surface area contributed by atoms with Crippen molar-refractivity contribution in [1.82, 2.24) is 20.2 Å². The number of aromatic amines is 1. The highest BCUT2D eigenvalue weighted by Gasteiger charge is 2.28. The maximum Gasteiger partial charge on any atom is 0.247 e. The Hall–Kier alpha value is -1.60. The van der Waals surface area contributed by atoms with Crippen LogP contribution in [0.5, 0.6) is 0 Å². The summed E-state index contributed by atoms with van der Waals surface area (Å²) in [7, 11) is 0. The van der Waals surface area contributed by atoms with E-state index in [4.69, 9.17) is 0 Å². The minimum absolute atomic E-state index is 0. The summed E-state index contributed by atoms with van der Waals surface area (Å²) in [4.78, 5) is 22.5. The van der Waals surface area contributed by atoms with Gasteiger partial charge in [-0.2, -0.15) is 0 Å². The molecule has 8 heteroatoms. The van der Waals surface area contributed by atoms with Gasteiger partial charge in [0.05, 0.1) is 12.0 Å². The number of benzene rings is 1. The van der Waals surface area contributed by atoms with Crippen molar-refractivity contribution in [3.63, 3.8) is 0 Å². The Morgan fingerprint density at radius 3 is 2.88 bits per heavy atom. The number of hydrogen-bond acceptors (Lipinski definition) is 4. The predicted molar refractivity (Wildman–Crippen MR) is 107 cm³/mol. The lowest BCUT2D eigenvalue weighted by Crippen LogP contribution is -2.38. The minimum Gasteiger partial charge on any atom is -0.348 e. The van der Waals surface area contributed by atoms with Gasteiger partial charge in [0.25, 0.3) is 0 Å². The molecule has 2 aromatic rings. The van der Waals surface area contributed by atoms with E-state index in [2.05, 4.69) is 37.6 Å². The smallest absolute Gasteiger partial charge is 0.247 e. The van der Waals surface area contributed by atoms with E-state index in [0.717, 1.165) is 36.6 Å². The molecule has 2 aliphatic rings. The quantitative estimate of drug-likeness (QED) is 0.741. The van der Waals surface area contributed by atoms with Crippen molar-refractivity contribution in [3.05, 3.63) is 47.5 Å². The summed E-state index contributed by atoms with van der Waals surface area (Å²) in [6.45, 7) is 4.08. The molecule has 0 saturated carbocycles. The average Bonchev–Trinajstić information content (AvgIpc) is 3.25. The van der Waals surface area contributed by atoms with Gasteiger partial charge in [-0.05, 0) is 43.6 Å². The molecule has 1 aromatic carbocycles. The van der Waals surface area contributed by atoms with Crippen LogP contribution in [0.3, 0.4) is 0 Å². The standard InChI is InChI=1S/C18H23N5O.2ClH/c24-18(17-16-15(6-7-19-17)20-12-21-16)22-14-5-3-4-13(10-14)11-23-8-1-2-9-23;;/h3-5,10,12,17,19H,1-2,6-9,11H2,(H,20,21)(H,22,24);2*1H. The van der Waals surface area contributed by atoms with Crippen LogP contribution in [-0.2, 0) is 17.8 Å². The summed E-state index contributed by atoms with van der Waals surface area (Å²) in [6.07, 6.45) is 5.12. The molecule has 142 valence electrons. The number of anilines is 1. The number of aromatic nitrogens is 2. The number of hydrogen-bond donors (Lipinski definition) is 3. The molecule has 1 atom stereocenters. The molecule has 1 amide bonds. The van der Waals surface area contributed by atoms with Crippen LogP contribution >= 0.6 is 24.8 Å². The maximum absolute atomic E-state index is 12.6. The molecule has 1 saturated heterocycles. The minimum atomic E-state index is -0.387. The normalized spacial score (nSPS) is 19.2. The third kappa shape index (κ3) is 4.57. The third-order valence-corrected chi connectivity index (χ3v) is 4.81. The van der Waals surface area contributed by atoms with Crippen molar-refractivity contribution in [3.8, 4) is 0 Å². The number of rotatable bonds is 4. The van der Waals surface area contributed by atoms with Gasteiger partial charge in [0.1, 0.15) is 6.04 Å². The SMILES string of the molecule is Cl.Cl.O=C(Nc1cccc(CN2CCCC2)c1)C1NCCc2[nH]cnc21. The lowest BCUT2D eigenvalue weighted by molar-refractivity contribution is -0.118. The first-order valence-electron chi connectivity index (χ1n) is 8.67. The number of carbonyl (C=O) groups is 1. The molecule has 4 rings (SSSR count). The monoisotopic (exact) mass is 397 g/mol. The van der Waals surface area contributed by atoms with Crippen molar-refractivity contribution < 1.29 is 4.79 Å². The number of nitrogens with zero attached hydrogens (tertiary/aromatic N) is 2. The number of amides is 1. The largest absolute Gasteiger partial charge is 0.348 e. The van der Waals surface area contributed by atoms with Crippen molar-refractivity contribution in [1.29, 1.82) is 0 Å². The molecule has 1 aromatic heterocycles. The van der Waals surface area contributed by atoms with Gasteiger partial charge in [-0.1, -0.05) is 12.1 Å². The fourth-order valence-electron chi connectivity index (χ4n) is 3.60. The number of nitrogens with one attached hydrogen (secondary N) is 3. The zero-order chi connectivity index (χ0) is 16.4. The van der Waals surface area contributed by atoms with E-state index in [1.54, 1.807) is 6.33 Å². The molecule has 3 N–H and O–H groups in total. The summed E-state index contributed by atoms with van der Waals surface area (Å²) in [6, 6.07) is 7.76. The van der Waals surface area contributed by atoms with E-state index in [-0.39, 0.29) is 36.8 Å². The van der Waals surface area contributed by atoms with Crippen LogP contribution in [0, 0.1) is 0 Å². The molecule has 0 radical (unpaired) electrons. The molecule has 1 unspecified atom stereocenters. The van der Waals surface area contributed by atoms with E-state index in [9.17, 15) is 4.79 Å². The highest BCUT2D eigenvalue weighted by atomic mass is 35.5. The fourth-order valence-corrected chi connectivity index (χ4v) is 3.60. The topological polar surface area (TPSA) is 73.1 Å². The van der Waals surface area contributed by atoms with E-state index >= 15 is 0 Å². The van der Waals surface area contributed by atoms with Gasteiger partial charge >= 0.3 is 0 Å². The first-order valence-corrected chi connectivity index (χ1v) is 8.67. The number of likely N-dealkylation sites (tertiary alicyclic amines) is 1. The van der Waals surface area contributed by atoms with Crippen molar-refractivity contribution in [2.45, 2.75) is 31.8 Å². The molecular formula is C18H25Cl2N5O. The van der Waals surface area contributed by atoms with Crippen molar-refractivity contribution in [2.24, 2.45) is 0 Å². The van der Waals surface area contributed by atoms with Crippen LogP contribution in [-0.4, -0.2) is 40.4 Å². The van der Waals surface area contributed by atoms with Crippen LogP contribution in [0.25, 0.3) is 0 Å². The number of imidazole rings is 1. The van der Waals surface area contributed by atoms with E-state index < -0.39 is 0 Å². The van der Waals surface area contributed by atoms with Crippen LogP contribution in [0.15, 0.2) is 30.6 Å². The Morgan fingerprint density at radius 2 is 2.08 bits per heavy atom. The second-order valence-corrected chi connectivity index (χ2v) is 6.58. The molecule has 0 aliphatic carbocycles.